The van der Waals surface area contributed by atoms with E-state index in [0.29, 0.717) is 22.6 Å². The molecule has 2 aromatic heterocycles. The van der Waals surface area contributed by atoms with Crippen LogP contribution in [0.25, 0.3) is 33.7 Å². The van der Waals surface area contributed by atoms with Crippen molar-refractivity contribution in [2.45, 2.75) is 26.4 Å². The smallest absolute Gasteiger partial charge is 0.338 e. The van der Waals surface area contributed by atoms with Gasteiger partial charge in [0.05, 0.1) is 22.3 Å². The first-order valence-corrected chi connectivity index (χ1v) is 13.4. The molecule has 2 heterocycles. The lowest BCUT2D eigenvalue weighted by Crippen LogP contribution is -2.32. The van der Waals surface area contributed by atoms with Crippen LogP contribution in [-0.4, -0.2) is 32.9 Å². The standard InChI is InChI=1S/C28H23BrN4O3S/c1-3-24(26(34)33-28-32-23(15-37-28)17-8-11-20(29)12-9-17)36-27(35)19-10-13-21-22(14-19)31-25(30-21)18-6-4-16(2)5-7-18/h4-15,24H,3H2,1-2H3,(H,30,31)(H,32,33,34). The van der Waals surface area contributed by atoms with E-state index in [1.54, 1.807) is 25.1 Å². The fourth-order valence-electron chi connectivity index (χ4n) is 3.77. The summed E-state index contributed by atoms with van der Waals surface area (Å²) in [4.78, 5) is 38.1. The molecule has 1 unspecified atom stereocenters. The summed E-state index contributed by atoms with van der Waals surface area (Å²) >= 11 is 4.74. The van der Waals surface area contributed by atoms with Gasteiger partial charge < -0.3 is 9.72 Å². The summed E-state index contributed by atoms with van der Waals surface area (Å²) in [7, 11) is 0. The number of H-pyrrole nitrogens is 1. The zero-order valence-electron chi connectivity index (χ0n) is 20.1. The van der Waals surface area contributed by atoms with E-state index in [1.165, 1.54) is 16.9 Å². The Morgan fingerprint density at radius 1 is 1.03 bits per heavy atom. The van der Waals surface area contributed by atoms with Crippen molar-refractivity contribution < 1.29 is 14.3 Å². The van der Waals surface area contributed by atoms with E-state index in [4.69, 9.17) is 4.74 Å². The van der Waals surface area contributed by atoms with Gasteiger partial charge in [0.25, 0.3) is 5.91 Å². The molecular weight excluding hydrogens is 552 g/mol. The van der Waals surface area contributed by atoms with Crippen molar-refractivity contribution in [1.29, 1.82) is 0 Å². The van der Waals surface area contributed by atoms with Gasteiger partial charge in [0.2, 0.25) is 0 Å². The molecule has 37 heavy (non-hydrogen) atoms. The number of carbonyl (C=O) groups excluding carboxylic acids is 2. The van der Waals surface area contributed by atoms with Gasteiger partial charge in [-0.2, -0.15) is 0 Å². The summed E-state index contributed by atoms with van der Waals surface area (Å²) in [6.07, 6.45) is -0.625. The molecule has 5 rings (SSSR count). The Hall–Kier alpha value is -3.82. The van der Waals surface area contributed by atoms with E-state index in [-0.39, 0.29) is 0 Å². The van der Waals surface area contributed by atoms with Crippen molar-refractivity contribution in [3.8, 4) is 22.6 Å². The third-order valence-corrected chi connectivity index (χ3v) is 7.12. The average molecular weight is 575 g/mol. The van der Waals surface area contributed by atoms with Gasteiger partial charge in [-0.3, -0.25) is 10.1 Å². The van der Waals surface area contributed by atoms with Gasteiger partial charge in [-0.25, -0.2) is 14.8 Å². The van der Waals surface area contributed by atoms with Crippen molar-refractivity contribution in [2.75, 3.05) is 5.32 Å². The number of hydrogen-bond donors (Lipinski definition) is 2. The molecule has 0 fully saturated rings. The second-order valence-corrected chi connectivity index (χ2v) is 10.3. The zero-order valence-corrected chi connectivity index (χ0v) is 22.5. The number of aromatic amines is 1. The SMILES string of the molecule is CCC(OC(=O)c1ccc2nc(-c3ccc(C)cc3)[nH]c2c1)C(=O)Nc1nc(-c2ccc(Br)cc2)cs1. The quantitative estimate of drug-likeness (QED) is 0.204. The number of fused-ring (bicyclic) bond motifs is 1. The average Bonchev–Trinajstić information content (AvgIpc) is 3.54. The van der Waals surface area contributed by atoms with Crippen LogP contribution in [0.4, 0.5) is 5.13 Å². The number of carbonyl (C=O) groups is 2. The fourth-order valence-corrected chi connectivity index (χ4v) is 4.76. The summed E-state index contributed by atoms with van der Waals surface area (Å²) in [5.74, 6) is -0.279. The molecule has 0 saturated carbocycles. The molecule has 186 valence electrons. The summed E-state index contributed by atoms with van der Waals surface area (Å²) in [5.41, 5.74) is 5.62. The van der Waals surface area contributed by atoms with Crippen LogP contribution in [0.3, 0.4) is 0 Å². The fraction of sp³-hybridized carbons (Fsp3) is 0.143. The maximum absolute atomic E-state index is 12.9. The van der Waals surface area contributed by atoms with Gasteiger partial charge in [-0.15, -0.1) is 11.3 Å². The number of imidazole rings is 1. The van der Waals surface area contributed by atoms with Gasteiger partial charge >= 0.3 is 5.97 Å². The van der Waals surface area contributed by atoms with Crippen LogP contribution in [0.5, 0.6) is 0 Å². The van der Waals surface area contributed by atoms with Crippen molar-refractivity contribution in [3.63, 3.8) is 0 Å². The van der Waals surface area contributed by atoms with Crippen LogP contribution < -0.4 is 5.32 Å². The summed E-state index contributed by atoms with van der Waals surface area (Å²) in [5, 5.41) is 5.09. The number of aromatic nitrogens is 3. The Bertz CT molecular complexity index is 1580. The second kappa shape index (κ2) is 10.7. The van der Waals surface area contributed by atoms with Gasteiger partial charge in [0.15, 0.2) is 11.2 Å². The normalized spacial score (nSPS) is 11.9. The maximum Gasteiger partial charge on any atom is 0.338 e. The van der Waals surface area contributed by atoms with E-state index in [0.717, 1.165) is 32.6 Å². The van der Waals surface area contributed by atoms with Crippen LogP contribution in [0.15, 0.2) is 76.6 Å². The minimum atomic E-state index is -0.951. The number of nitrogens with one attached hydrogen (secondary N) is 2. The van der Waals surface area contributed by atoms with Crippen LogP contribution in [0, 0.1) is 6.92 Å². The minimum absolute atomic E-state index is 0.326. The lowest BCUT2D eigenvalue weighted by Gasteiger charge is -2.15. The van der Waals surface area contributed by atoms with Crippen LogP contribution in [0.2, 0.25) is 0 Å². The van der Waals surface area contributed by atoms with E-state index in [1.807, 2.05) is 60.8 Å². The number of anilines is 1. The molecule has 3 aromatic carbocycles. The third kappa shape index (κ3) is 5.63. The largest absolute Gasteiger partial charge is 0.449 e. The van der Waals surface area contributed by atoms with E-state index < -0.39 is 18.0 Å². The number of rotatable bonds is 7. The Morgan fingerprint density at radius 2 is 1.76 bits per heavy atom. The molecule has 0 aliphatic carbocycles. The molecule has 0 aliphatic heterocycles. The van der Waals surface area contributed by atoms with E-state index >= 15 is 0 Å². The molecule has 0 aliphatic rings. The second-order valence-electron chi connectivity index (χ2n) is 8.52. The van der Waals surface area contributed by atoms with Crippen LogP contribution in [-0.2, 0) is 9.53 Å². The molecule has 5 aromatic rings. The van der Waals surface area contributed by atoms with Gasteiger partial charge in [-0.05, 0) is 43.7 Å². The Kier molecular flexibility index (Phi) is 7.16. The number of hydrogen-bond acceptors (Lipinski definition) is 6. The van der Waals surface area contributed by atoms with Gasteiger partial charge in [0, 0.05) is 21.0 Å². The van der Waals surface area contributed by atoms with E-state index in [2.05, 4.69) is 36.2 Å². The highest BCUT2D eigenvalue weighted by atomic mass is 79.9. The van der Waals surface area contributed by atoms with Crippen molar-refractivity contribution in [1.82, 2.24) is 15.0 Å². The molecule has 0 saturated heterocycles. The molecule has 9 heteroatoms. The topological polar surface area (TPSA) is 97.0 Å². The van der Waals surface area contributed by atoms with Crippen molar-refractivity contribution >= 4 is 55.3 Å². The first-order valence-electron chi connectivity index (χ1n) is 11.7. The van der Waals surface area contributed by atoms with Crippen molar-refractivity contribution in [3.05, 3.63) is 87.7 Å². The molecule has 0 spiro atoms. The highest BCUT2D eigenvalue weighted by Crippen LogP contribution is 2.27. The lowest BCUT2D eigenvalue weighted by atomic mass is 10.1. The number of esters is 1. The first kappa shape index (κ1) is 24.9. The van der Waals surface area contributed by atoms with Crippen LogP contribution in [0.1, 0.15) is 29.3 Å². The van der Waals surface area contributed by atoms with Crippen LogP contribution >= 0.6 is 27.3 Å². The number of aryl methyl sites for hydroxylation is 1. The number of benzene rings is 3. The van der Waals surface area contributed by atoms with Gasteiger partial charge in [-0.1, -0.05) is 64.8 Å². The summed E-state index contributed by atoms with van der Waals surface area (Å²) < 4.78 is 6.54. The molecule has 2 N–H and O–H groups in total. The van der Waals surface area contributed by atoms with Gasteiger partial charge in [0.1, 0.15) is 5.82 Å². The first-order chi connectivity index (χ1) is 17.9. The zero-order chi connectivity index (χ0) is 25.9. The molecule has 0 radical (unpaired) electrons. The Balaban J connectivity index is 1.26. The molecule has 0 bridgehead atoms. The van der Waals surface area contributed by atoms with E-state index in [9.17, 15) is 9.59 Å². The molecular formula is C28H23BrN4O3S. The van der Waals surface area contributed by atoms with Crippen molar-refractivity contribution in [2.24, 2.45) is 0 Å². The monoisotopic (exact) mass is 574 g/mol. The summed E-state index contributed by atoms with van der Waals surface area (Å²) in [6.45, 7) is 3.82. The predicted molar refractivity (Wildman–Crippen MR) is 150 cm³/mol. The number of amides is 1. The number of thiazole rings is 1. The Morgan fingerprint density at radius 3 is 2.49 bits per heavy atom. The molecule has 1 amide bonds. The lowest BCUT2D eigenvalue weighted by molar-refractivity contribution is -0.124. The number of ether oxygens (including phenoxy) is 1. The third-order valence-electron chi connectivity index (χ3n) is 5.83. The number of halogens is 1. The minimum Gasteiger partial charge on any atom is -0.449 e. The highest BCUT2D eigenvalue weighted by molar-refractivity contribution is 9.10. The Labute approximate surface area is 226 Å². The molecule has 1 atom stereocenters. The molecule has 7 nitrogen and oxygen atoms in total. The maximum atomic E-state index is 12.9. The highest BCUT2D eigenvalue weighted by Gasteiger charge is 2.23. The number of nitrogens with zero attached hydrogens (tertiary/aromatic N) is 2. The summed E-state index contributed by atoms with van der Waals surface area (Å²) in [6, 6.07) is 20.9. The predicted octanol–water partition coefficient (Wildman–Crippen LogP) is 7.00.